The molecular weight excluding hydrogens is 478 g/mol. The van der Waals surface area contributed by atoms with Gasteiger partial charge in [0.2, 0.25) is 21.8 Å². The second kappa shape index (κ2) is 12.0. The predicted molar refractivity (Wildman–Crippen MR) is 133 cm³/mol. The molecule has 10 heteroatoms. The van der Waals surface area contributed by atoms with Gasteiger partial charge in [-0.25, -0.2) is 8.42 Å². The number of sulfonamides is 1. The number of hydrogen-bond acceptors (Lipinski definition) is 5. The van der Waals surface area contributed by atoms with Crippen molar-refractivity contribution < 1.29 is 22.8 Å². The Bertz CT molecular complexity index is 1150. The van der Waals surface area contributed by atoms with Gasteiger partial charge in [0.1, 0.15) is 12.6 Å². The number of amides is 2. The van der Waals surface area contributed by atoms with Crippen LogP contribution in [-0.2, 0) is 26.2 Å². The van der Waals surface area contributed by atoms with Crippen LogP contribution in [0.15, 0.2) is 48.5 Å². The average molecular weight is 508 g/mol. The minimum Gasteiger partial charge on any atom is -0.354 e. The highest BCUT2D eigenvalue weighted by Gasteiger charge is 2.30. The van der Waals surface area contributed by atoms with Crippen molar-refractivity contribution in [2.45, 2.75) is 39.8 Å². The zero-order valence-electron chi connectivity index (χ0n) is 19.7. The van der Waals surface area contributed by atoms with Crippen molar-refractivity contribution in [3.8, 4) is 0 Å². The molecule has 2 aromatic carbocycles. The molecule has 0 aromatic heterocycles. The Hall–Kier alpha value is -2.91. The van der Waals surface area contributed by atoms with Crippen LogP contribution in [0.5, 0.6) is 0 Å². The Kier molecular flexibility index (Phi) is 9.64. The highest BCUT2D eigenvalue weighted by Crippen LogP contribution is 2.22. The van der Waals surface area contributed by atoms with Crippen LogP contribution in [0.1, 0.15) is 43.1 Å². The lowest BCUT2D eigenvalue weighted by Crippen LogP contribution is -2.51. The number of anilines is 1. The van der Waals surface area contributed by atoms with Crippen molar-refractivity contribution in [1.82, 2.24) is 10.2 Å². The van der Waals surface area contributed by atoms with E-state index in [1.54, 1.807) is 43.3 Å². The fraction of sp³-hybridized carbons (Fsp3) is 0.375. The van der Waals surface area contributed by atoms with Gasteiger partial charge in [-0.15, -0.1) is 0 Å². The maximum atomic E-state index is 13.5. The van der Waals surface area contributed by atoms with Crippen LogP contribution in [0, 0.1) is 0 Å². The van der Waals surface area contributed by atoms with E-state index in [1.807, 2.05) is 6.92 Å². The first-order chi connectivity index (χ1) is 16.0. The summed E-state index contributed by atoms with van der Waals surface area (Å²) >= 11 is 6.29. The van der Waals surface area contributed by atoms with E-state index >= 15 is 0 Å². The SMILES string of the molecule is CCCNC(=O)[C@@H](C)N(Cc1ccccc1Cl)C(=O)CN(c1cccc(C(C)=O)c1)S(C)(=O)=O. The maximum absolute atomic E-state index is 13.5. The number of nitrogens with zero attached hydrogens (tertiary/aromatic N) is 2. The third kappa shape index (κ3) is 7.30. The molecule has 0 fully saturated rings. The predicted octanol–water partition coefficient (Wildman–Crippen LogP) is 3.25. The average Bonchev–Trinajstić information content (AvgIpc) is 2.79. The van der Waals surface area contributed by atoms with Crippen LogP contribution in [-0.4, -0.2) is 56.3 Å². The molecule has 34 heavy (non-hydrogen) atoms. The molecule has 1 atom stereocenters. The Morgan fingerprint density at radius 3 is 2.35 bits per heavy atom. The second-order valence-corrected chi connectivity index (χ2v) is 10.3. The van der Waals surface area contributed by atoms with Gasteiger partial charge in [-0.1, -0.05) is 48.9 Å². The molecular formula is C24H30ClN3O5S. The second-order valence-electron chi connectivity index (χ2n) is 7.96. The number of Topliss-reactive ketones (excluding diaryl/α,β-unsaturated/α-hetero) is 1. The summed E-state index contributed by atoms with van der Waals surface area (Å²) in [6.45, 7) is 4.79. The largest absolute Gasteiger partial charge is 0.354 e. The summed E-state index contributed by atoms with van der Waals surface area (Å²) in [4.78, 5) is 39.2. The smallest absolute Gasteiger partial charge is 0.244 e. The number of carbonyl (C=O) groups excluding carboxylic acids is 3. The van der Waals surface area contributed by atoms with E-state index in [1.165, 1.54) is 24.0 Å². The number of halogens is 1. The number of carbonyl (C=O) groups is 3. The zero-order chi connectivity index (χ0) is 25.5. The summed E-state index contributed by atoms with van der Waals surface area (Å²) in [5.74, 6) is -1.17. The van der Waals surface area contributed by atoms with Crippen LogP contribution < -0.4 is 9.62 Å². The standard InChI is InChI=1S/C24H30ClN3O5S/c1-5-13-26-24(31)17(2)27(15-20-9-6-7-12-22(20)25)23(30)16-28(34(4,32)33)21-11-8-10-19(14-21)18(3)29/h6-12,14,17H,5,13,15-16H2,1-4H3,(H,26,31)/t17-/m1/s1. The molecule has 0 unspecified atom stereocenters. The number of ketones is 1. The van der Waals surface area contributed by atoms with Crippen LogP contribution in [0.4, 0.5) is 5.69 Å². The number of hydrogen-bond donors (Lipinski definition) is 1. The third-order valence-corrected chi connectivity index (χ3v) is 6.74. The van der Waals surface area contributed by atoms with Crippen molar-refractivity contribution in [1.29, 1.82) is 0 Å². The molecule has 2 aromatic rings. The van der Waals surface area contributed by atoms with Crippen LogP contribution in [0.3, 0.4) is 0 Å². The molecule has 2 amide bonds. The molecule has 8 nitrogen and oxygen atoms in total. The number of rotatable bonds is 11. The van der Waals surface area contributed by atoms with Crippen molar-refractivity contribution >= 4 is 44.9 Å². The van der Waals surface area contributed by atoms with Gasteiger partial charge >= 0.3 is 0 Å². The first-order valence-electron chi connectivity index (χ1n) is 10.8. The minimum absolute atomic E-state index is 0.0182. The highest BCUT2D eigenvalue weighted by atomic mass is 35.5. The Balaban J connectivity index is 2.42. The van der Waals surface area contributed by atoms with Gasteiger partial charge in [0.05, 0.1) is 11.9 Å². The molecule has 1 N–H and O–H groups in total. The van der Waals surface area contributed by atoms with E-state index in [0.29, 0.717) is 22.7 Å². The maximum Gasteiger partial charge on any atom is 0.244 e. The molecule has 0 spiro atoms. The van der Waals surface area contributed by atoms with Gasteiger partial charge in [0, 0.05) is 23.7 Å². The fourth-order valence-electron chi connectivity index (χ4n) is 3.28. The van der Waals surface area contributed by atoms with Crippen LogP contribution >= 0.6 is 11.6 Å². The molecule has 0 radical (unpaired) electrons. The topological polar surface area (TPSA) is 104 Å². The van der Waals surface area contributed by atoms with Gasteiger partial charge < -0.3 is 10.2 Å². The summed E-state index contributed by atoms with van der Waals surface area (Å²) in [6, 6.07) is 12.1. The molecule has 0 bridgehead atoms. The first kappa shape index (κ1) is 27.3. The van der Waals surface area contributed by atoms with E-state index in [9.17, 15) is 22.8 Å². The van der Waals surface area contributed by atoms with E-state index in [-0.39, 0.29) is 23.9 Å². The zero-order valence-corrected chi connectivity index (χ0v) is 21.3. The third-order valence-electron chi connectivity index (χ3n) is 5.23. The lowest BCUT2D eigenvalue weighted by molar-refractivity contribution is -0.139. The molecule has 0 saturated carbocycles. The summed E-state index contributed by atoms with van der Waals surface area (Å²) in [6.07, 6.45) is 1.71. The van der Waals surface area contributed by atoms with Gasteiger partial charge in [-0.05, 0) is 44.0 Å². The number of benzene rings is 2. The summed E-state index contributed by atoms with van der Waals surface area (Å²) in [7, 11) is -3.88. The lowest BCUT2D eigenvalue weighted by Gasteiger charge is -2.31. The Morgan fingerprint density at radius 1 is 1.09 bits per heavy atom. The fourth-order valence-corrected chi connectivity index (χ4v) is 4.32. The molecule has 0 aliphatic carbocycles. The quantitative estimate of drug-likeness (QED) is 0.470. The normalized spacial score (nSPS) is 12.0. The Labute approximate surface area is 205 Å². The van der Waals surface area contributed by atoms with Gasteiger partial charge in [0.15, 0.2) is 5.78 Å². The van der Waals surface area contributed by atoms with Crippen molar-refractivity contribution in [3.05, 3.63) is 64.7 Å². The number of nitrogens with one attached hydrogen (secondary N) is 1. The molecule has 0 heterocycles. The summed E-state index contributed by atoms with van der Waals surface area (Å²) in [5, 5.41) is 3.19. The van der Waals surface area contributed by atoms with E-state index in [4.69, 9.17) is 11.6 Å². The van der Waals surface area contributed by atoms with E-state index < -0.39 is 28.5 Å². The van der Waals surface area contributed by atoms with E-state index in [0.717, 1.165) is 17.0 Å². The van der Waals surface area contributed by atoms with Gasteiger partial charge in [-0.3, -0.25) is 18.7 Å². The van der Waals surface area contributed by atoms with Crippen molar-refractivity contribution in [2.75, 3.05) is 23.7 Å². The monoisotopic (exact) mass is 507 g/mol. The van der Waals surface area contributed by atoms with Crippen LogP contribution in [0.25, 0.3) is 0 Å². The van der Waals surface area contributed by atoms with Gasteiger partial charge in [0.25, 0.3) is 0 Å². The van der Waals surface area contributed by atoms with E-state index in [2.05, 4.69) is 5.32 Å². The minimum atomic E-state index is -3.88. The molecule has 0 aliphatic rings. The summed E-state index contributed by atoms with van der Waals surface area (Å²) < 4.78 is 26.1. The molecule has 0 aliphatic heterocycles. The highest BCUT2D eigenvalue weighted by molar-refractivity contribution is 7.92. The Morgan fingerprint density at radius 2 is 1.76 bits per heavy atom. The molecule has 2 rings (SSSR count). The molecule has 184 valence electrons. The van der Waals surface area contributed by atoms with Crippen molar-refractivity contribution in [3.63, 3.8) is 0 Å². The van der Waals surface area contributed by atoms with Crippen molar-refractivity contribution in [2.24, 2.45) is 0 Å². The molecule has 0 saturated heterocycles. The summed E-state index contributed by atoms with van der Waals surface area (Å²) in [5.41, 5.74) is 1.13. The first-order valence-corrected chi connectivity index (χ1v) is 13.1. The lowest BCUT2D eigenvalue weighted by atomic mass is 10.1. The van der Waals surface area contributed by atoms with Gasteiger partial charge in [-0.2, -0.15) is 0 Å². The van der Waals surface area contributed by atoms with Crippen LogP contribution in [0.2, 0.25) is 5.02 Å².